The first-order valence-electron chi connectivity index (χ1n) is 5.94. The summed E-state index contributed by atoms with van der Waals surface area (Å²) in [5.41, 5.74) is 0. The molecule has 1 heterocycles. The highest BCUT2D eigenvalue weighted by atomic mass is 35.5. The Hall–Kier alpha value is -0.830. The Labute approximate surface area is 102 Å². The Morgan fingerprint density at radius 1 is 1.50 bits per heavy atom. The number of halogens is 1. The smallest absolute Gasteiger partial charge is 0.148 e. The van der Waals surface area contributed by atoms with Gasteiger partial charge in [-0.1, -0.05) is 31.9 Å². The highest BCUT2D eigenvalue weighted by molar-refractivity contribution is 6.32. The number of aromatic nitrogens is 2. The van der Waals surface area contributed by atoms with Crippen molar-refractivity contribution in [1.82, 2.24) is 9.97 Å². The lowest BCUT2D eigenvalue weighted by molar-refractivity contribution is 0.391. The van der Waals surface area contributed by atoms with Crippen LogP contribution in [0.5, 0.6) is 0 Å². The minimum Gasteiger partial charge on any atom is -0.366 e. The van der Waals surface area contributed by atoms with Gasteiger partial charge in [-0.3, -0.25) is 0 Å². The van der Waals surface area contributed by atoms with Crippen molar-refractivity contribution in [3.8, 4) is 0 Å². The molecule has 2 rings (SSSR count). The molecule has 16 heavy (non-hydrogen) atoms. The zero-order valence-electron chi connectivity index (χ0n) is 9.78. The third-order valence-corrected chi connectivity index (χ3v) is 4.02. The Balaban J connectivity index is 2.04. The minimum atomic E-state index is 0.498. The van der Waals surface area contributed by atoms with Crippen molar-refractivity contribution >= 4 is 17.4 Å². The maximum atomic E-state index is 6.03. The van der Waals surface area contributed by atoms with Gasteiger partial charge in [0, 0.05) is 6.04 Å². The van der Waals surface area contributed by atoms with Crippen molar-refractivity contribution in [1.29, 1.82) is 0 Å². The Bertz CT molecular complexity index is 356. The van der Waals surface area contributed by atoms with E-state index in [4.69, 9.17) is 11.6 Å². The van der Waals surface area contributed by atoms with E-state index < -0.39 is 0 Å². The van der Waals surface area contributed by atoms with Crippen LogP contribution >= 0.6 is 11.6 Å². The third kappa shape index (κ3) is 2.29. The van der Waals surface area contributed by atoms with Crippen molar-refractivity contribution in [2.24, 2.45) is 11.8 Å². The van der Waals surface area contributed by atoms with Gasteiger partial charge >= 0.3 is 0 Å². The van der Waals surface area contributed by atoms with Gasteiger partial charge in [0.15, 0.2) is 0 Å². The maximum absolute atomic E-state index is 6.03. The Kier molecular flexibility index (Phi) is 3.64. The minimum absolute atomic E-state index is 0.498. The summed E-state index contributed by atoms with van der Waals surface area (Å²) in [6.07, 6.45) is 6.94. The van der Waals surface area contributed by atoms with Crippen molar-refractivity contribution in [2.75, 3.05) is 5.32 Å². The quantitative estimate of drug-likeness (QED) is 0.879. The van der Waals surface area contributed by atoms with Crippen LogP contribution < -0.4 is 5.32 Å². The van der Waals surface area contributed by atoms with Crippen molar-refractivity contribution in [3.05, 3.63) is 17.5 Å². The van der Waals surface area contributed by atoms with Gasteiger partial charge in [0.2, 0.25) is 0 Å². The van der Waals surface area contributed by atoms with Gasteiger partial charge < -0.3 is 5.32 Å². The molecule has 3 unspecified atom stereocenters. The number of rotatable bonds is 3. The Morgan fingerprint density at radius 2 is 2.31 bits per heavy atom. The first kappa shape index (κ1) is 11.6. The molecule has 0 amide bonds. The molecule has 1 aliphatic rings. The van der Waals surface area contributed by atoms with Crippen LogP contribution in [0.4, 0.5) is 5.82 Å². The highest BCUT2D eigenvalue weighted by Gasteiger charge is 2.31. The molecular weight excluding hydrogens is 222 g/mol. The predicted octanol–water partition coefficient (Wildman–Crippen LogP) is 3.37. The van der Waals surface area contributed by atoms with E-state index in [0.29, 0.717) is 17.0 Å². The van der Waals surface area contributed by atoms with Gasteiger partial charge in [0.1, 0.15) is 17.2 Å². The molecule has 1 N–H and O–H groups in total. The van der Waals surface area contributed by atoms with Crippen LogP contribution in [0, 0.1) is 11.8 Å². The van der Waals surface area contributed by atoms with Crippen molar-refractivity contribution in [2.45, 2.75) is 39.2 Å². The average Bonchev–Trinajstić information content (AvgIpc) is 2.63. The fourth-order valence-electron chi connectivity index (χ4n) is 2.62. The van der Waals surface area contributed by atoms with Gasteiger partial charge in [-0.15, -0.1) is 0 Å². The van der Waals surface area contributed by atoms with Gasteiger partial charge in [-0.2, -0.15) is 0 Å². The standard InChI is InChI=1S/C12H18ClN3/c1-3-9-4-5-11(8(9)2)16-12-10(13)6-14-7-15-12/h6-9,11H,3-5H2,1-2H3,(H,14,15,16). The lowest BCUT2D eigenvalue weighted by Gasteiger charge is -2.21. The highest BCUT2D eigenvalue weighted by Crippen LogP contribution is 2.36. The first-order chi connectivity index (χ1) is 7.72. The third-order valence-electron chi connectivity index (χ3n) is 3.74. The summed E-state index contributed by atoms with van der Waals surface area (Å²) in [5.74, 6) is 2.29. The van der Waals surface area contributed by atoms with Crippen LogP contribution in [-0.2, 0) is 0 Å². The fourth-order valence-corrected chi connectivity index (χ4v) is 2.78. The summed E-state index contributed by atoms with van der Waals surface area (Å²) in [7, 11) is 0. The fraction of sp³-hybridized carbons (Fsp3) is 0.667. The van der Waals surface area contributed by atoms with Gasteiger partial charge in [0.25, 0.3) is 0 Å². The van der Waals surface area contributed by atoms with Gasteiger partial charge in [-0.05, 0) is 24.7 Å². The molecule has 0 bridgehead atoms. The number of hydrogen-bond donors (Lipinski definition) is 1. The number of nitrogens with zero attached hydrogens (tertiary/aromatic N) is 2. The lowest BCUT2D eigenvalue weighted by Crippen LogP contribution is -2.25. The zero-order valence-corrected chi connectivity index (χ0v) is 10.5. The summed E-state index contributed by atoms with van der Waals surface area (Å²) < 4.78 is 0. The van der Waals surface area contributed by atoms with Crippen molar-refractivity contribution in [3.63, 3.8) is 0 Å². The molecule has 0 saturated heterocycles. The van der Waals surface area contributed by atoms with Crippen molar-refractivity contribution < 1.29 is 0 Å². The normalized spacial score (nSPS) is 29.3. The summed E-state index contributed by atoms with van der Waals surface area (Å²) in [5, 5.41) is 4.05. The lowest BCUT2D eigenvalue weighted by atomic mass is 9.93. The maximum Gasteiger partial charge on any atom is 0.148 e. The molecule has 1 saturated carbocycles. The molecule has 1 aromatic heterocycles. The van der Waals surface area contributed by atoms with Crippen LogP contribution in [0.25, 0.3) is 0 Å². The van der Waals surface area contributed by atoms with E-state index >= 15 is 0 Å². The molecule has 3 atom stereocenters. The van der Waals surface area contributed by atoms with E-state index in [9.17, 15) is 0 Å². The van der Waals surface area contributed by atoms with E-state index in [1.165, 1.54) is 25.6 Å². The molecule has 3 nitrogen and oxygen atoms in total. The van der Waals surface area contributed by atoms with Crippen LogP contribution in [-0.4, -0.2) is 16.0 Å². The summed E-state index contributed by atoms with van der Waals surface area (Å²) in [6.45, 7) is 4.58. The molecule has 1 aromatic rings. The molecule has 1 fully saturated rings. The van der Waals surface area contributed by atoms with Gasteiger partial charge in [-0.25, -0.2) is 9.97 Å². The largest absolute Gasteiger partial charge is 0.366 e. The second-order valence-electron chi connectivity index (χ2n) is 4.57. The zero-order chi connectivity index (χ0) is 11.5. The average molecular weight is 240 g/mol. The van der Waals surface area contributed by atoms with E-state index in [1.807, 2.05) is 0 Å². The topological polar surface area (TPSA) is 37.8 Å². The molecule has 1 aliphatic carbocycles. The van der Waals surface area contributed by atoms with E-state index in [0.717, 1.165) is 11.7 Å². The molecule has 4 heteroatoms. The molecule has 0 radical (unpaired) electrons. The summed E-state index contributed by atoms with van der Waals surface area (Å²) in [4.78, 5) is 8.06. The molecule has 0 aliphatic heterocycles. The number of hydrogen-bond acceptors (Lipinski definition) is 3. The molecular formula is C12H18ClN3. The number of anilines is 1. The molecule has 88 valence electrons. The number of nitrogens with one attached hydrogen (secondary N) is 1. The second-order valence-corrected chi connectivity index (χ2v) is 4.98. The van der Waals surface area contributed by atoms with Crippen LogP contribution in [0.15, 0.2) is 12.5 Å². The van der Waals surface area contributed by atoms with E-state index in [2.05, 4.69) is 29.1 Å². The van der Waals surface area contributed by atoms with Crippen LogP contribution in [0.1, 0.15) is 33.1 Å². The first-order valence-corrected chi connectivity index (χ1v) is 6.32. The van der Waals surface area contributed by atoms with E-state index in [-0.39, 0.29) is 0 Å². The molecule has 0 aromatic carbocycles. The summed E-state index contributed by atoms with van der Waals surface area (Å²) in [6, 6.07) is 0.498. The molecule has 0 spiro atoms. The monoisotopic (exact) mass is 239 g/mol. The predicted molar refractivity (Wildman–Crippen MR) is 66.6 cm³/mol. The van der Waals surface area contributed by atoms with Crippen LogP contribution in [0.2, 0.25) is 5.02 Å². The van der Waals surface area contributed by atoms with Gasteiger partial charge in [0.05, 0.1) is 6.20 Å². The van der Waals surface area contributed by atoms with E-state index in [1.54, 1.807) is 6.20 Å². The van der Waals surface area contributed by atoms with Crippen LogP contribution in [0.3, 0.4) is 0 Å². The summed E-state index contributed by atoms with van der Waals surface area (Å²) >= 11 is 6.03. The Morgan fingerprint density at radius 3 is 2.94 bits per heavy atom. The second kappa shape index (κ2) is 5.00. The SMILES string of the molecule is CCC1CCC(Nc2ncncc2Cl)C1C.